The van der Waals surface area contributed by atoms with Crippen LogP contribution in [-0.2, 0) is 17.4 Å². The van der Waals surface area contributed by atoms with Gasteiger partial charge in [-0.2, -0.15) is 0 Å². The lowest BCUT2D eigenvalue weighted by molar-refractivity contribution is 0.0375. The molecule has 1 fully saturated rings. The van der Waals surface area contributed by atoms with Crippen molar-refractivity contribution in [3.63, 3.8) is 0 Å². The molecule has 1 aromatic rings. The first kappa shape index (κ1) is 16.8. The molecule has 0 bridgehead atoms. The minimum absolute atomic E-state index is 0.224. The lowest BCUT2D eigenvalue weighted by Crippen LogP contribution is -2.48. The van der Waals surface area contributed by atoms with Crippen LogP contribution in [0.3, 0.4) is 0 Å². The highest BCUT2D eigenvalue weighted by Crippen LogP contribution is 2.58. The summed E-state index contributed by atoms with van der Waals surface area (Å²) in [4.78, 5) is 0. The third kappa shape index (κ3) is 2.50. The first-order valence-electron chi connectivity index (χ1n) is 9.04. The lowest BCUT2D eigenvalue weighted by Gasteiger charge is -2.55. The summed E-state index contributed by atoms with van der Waals surface area (Å²) in [7, 11) is 1.70. The van der Waals surface area contributed by atoms with Gasteiger partial charge in [-0.25, -0.2) is 0 Å². The summed E-state index contributed by atoms with van der Waals surface area (Å²) < 4.78 is 5.59. The number of hydrogen-bond acceptors (Lipinski definition) is 2. The highest BCUT2D eigenvalue weighted by atomic mass is 16.5. The summed E-state index contributed by atoms with van der Waals surface area (Å²) in [6.45, 7) is 11.1. The van der Waals surface area contributed by atoms with Crippen LogP contribution < -0.4 is 4.74 Å². The number of aliphatic hydroxyl groups is 1. The van der Waals surface area contributed by atoms with Gasteiger partial charge in [-0.05, 0) is 73.5 Å². The zero-order valence-corrected chi connectivity index (χ0v) is 15.6. The van der Waals surface area contributed by atoms with Gasteiger partial charge in [0.25, 0.3) is 0 Å². The Labute approximate surface area is 141 Å². The number of fused-ring (bicyclic) bond motifs is 3. The van der Waals surface area contributed by atoms with Crippen molar-refractivity contribution in [1.29, 1.82) is 0 Å². The van der Waals surface area contributed by atoms with Crippen LogP contribution in [0.2, 0.25) is 0 Å². The maximum absolute atomic E-state index is 10.8. The normalized spacial score (nSPS) is 29.6. The van der Waals surface area contributed by atoms with Gasteiger partial charge in [0.15, 0.2) is 0 Å². The molecule has 0 amide bonds. The zero-order valence-electron chi connectivity index (χ0n) is 15.6. The van der Waals surface area contributed by atoms with Gasteiger partial charge in [0, 0.05) is 5.56 Å². The fraction of sp³-hybridized carbons (Fsp3) is 0.714. The molecule has 0 aromatic heterocycles. The lowest BCUT2D eigenvalue weighted by atomic mass is 9.50. The second-order valence-corrected chi connectivity index (χ2v) is 9.08. The molecule has 2 aliphatic carbocycles. The Morgan fingerprint density at radius 1 is 1.17 bits per heavy atom. The third-order valence-corrected chi connectivity index (χ3v) is 6.63. The van der Waals surface area contributed by atoms with Crippen molar-refractivity contribution >= 4 is 0 Å². The van der Waals surface area contributed by atoms with Crippen molar-refractivity contribution in [2.24, 2.45) is 11.3 Å². The number of benzene rings is 1. The van der Waals surface area contributed by atoms with Gasteiger partial charge in [0.05, 0.1) is 12.7 Å². The van der Waals surface area contributed by atoms with Crippen LogP contribution in [0, 0.1) is 11.3 Å². The Morgan fingerprint density at radius 3 is 2.48 bits per heavy atom. The van der Waals surface area contributed by atoms with E-state index in [1.807, 2.05) is 13.8 Å². The molecule has 0 spiro atoms. The maximum Gasteiger partial charge on any atom is 0.125 e. The van der Waals surface area contributed by atoms with E-state index in [0.717, 1.165) is 23.7 Å². The third-order valence-electron chi connectivity index (χ3n) is 6.63. The molecule has 1 saturated carbocycles. The van der Waals surface area contributed by atoms with Crippen molar-refractivity contribution in [1.82, 2.24) is 0 Å². The van der Waals surface area contributed by atoms with Crippen molar-refractivity contribution < 1.29 is 9.84 Å². The fourth-order valence-corrected chi connectivity index (χ4v) is 5.70. The SMILES string of the molecule is COc1ccc2c(c1C(C)(C)O)CC[C@H]1C(C)(C)CCC[C@]21C. The summed E-state index contributed by atoms with van der Waals surface area (Å²) in [5.41, 5.74) is 3.55. The van der Waals surface area contributed by atoms with E-state index in [9.17, 15) is 5.11 Å². The molecular formula is C21H32O2. The predicted octanol–water partition coefficient (Wildman–Crippen LogP) is 4.95. The van der Waals surface area contributed by atoms with Crippen LogP contribution >= 0.6 is 0 Å². The average molecular weight is 316 g/mol. The van der Waals surface area contributed by atoms with E-state index in [4.69, 9.17) is 4.74 Å². The maximum atomic E-state index is 10.8. The number of hydrogen-bond donors (Lipinski definition) is 1. The first-order chi connectivity index (χ1) is 10.6. The zero-order chi connectivity index (χ0) is 17.0. The van der Waals surface area contributed by atoms with E-state index >= 15 is 0 Å². The summed E-state index contributed by atoms with van der Waals surface area (Å²) in [6.07, 6.45) is 6.15. The average Bonchev–Trinajstić information content (AvgIpc) is 2.44. The summed E-state index contributed by atoms with van der Waals surface area (Å²) >= 11 is 0. The summed E-state index contributed by atoms with van der Waals surface area (Å²) in [6, 6.07) is 4.35. The molecule has 0 saturated heterocycles. The monoisotopic (exact) mass is 316 g/mol. The van der Waals surface area contributed by atoms with Crippen LogP contribution in [0.25, 0.3) is 0 Å². The van der Waals surface area contributed by atoms with Crippen LogP contribution in [0.4, 0.5) is 0 Å². The molecule has 23 heavy (non-hydrogen) atoms. The fourth-order valence-electron chi connectivity index (χ4n) is 5.70. The Morgan fingerprint density at radius 2 is 1.87 bits per heavy atom. The second-order valence-electron chi connectivity index (χ2n) is 9.08. The molecule has 2 heteroatoms. The molecule has 128 valence electrons. The van der Waals surface area contributed by atoms with Crippen molar-refractivity contribution in [2.75, 3.05) is 7.11 Å². The minimum atomic E-state index is -0.871. The van der Waals surface area contributed by atoms with E-state index in [1.165, 1.54) is 36.8 Å². The van der Waals surface area contributed by atoms with Crippen molar-refractivity contribution in [3.8, 4) is 5.75 Å². The van der Waals surface area contributed by atoms with E-state index in [1.54, 1.807) is 7.11 Å². The van der Waals surface area contributed by atoms with Crippen LogP contribution in [-0.4, -0.2) is 12.2 Å². The van der Waals surface area contributed by atoms with E-state index < -0.39 is 5.60 Å². The van der Waals surface area contributed by atoms with Gasteiger partial charge < -0.3 is 9.84 Å². The number of ether oxygens (including phenoxy) is 1. The highest BCUT2D eigenvalue weighted by Gasteiger charge is 2.50. The molecule has 0 aliphatic heterocycles. The Balaban J connectivity index is 2.21. The van der Waals surface area contributed by atoms with Gasteiger partial charge in [0.2, 0.25) is 0 Å². The minimum Gasteiger partial charge on any atom is -0.496 e. The second kappa shape index (κ2) is 5.24. The molecule has 3 rings (SSSR count). The predicted molar refractivity (Wildman–Crippen MR) is 95.0 cm³/mol. The van der Waals surface area contributed by atoms with Crippen molar-refractivity contribution in [3.05, 3.63) is 28.8 Å². The Kier molecular flexibility index (Phi) is 3.83. The van der Waals surface area contributed by atoms with E-state index in [2.05, 4.69) is 32.9 Å². The molecule has 2 aliphatic rings. The van der Waals surface area contributed by atoms with E-state index in [0.29, 0.717) is 5.41 Å². The Hall–Kier alpha value is -1.02. The van der Waals surface area contributed by atoms with Crippen molar-refractivity contribution in [2.45, 2.75) is 77.7 Å². The molecule has 2 atom stereocenters. The van der Waals surface area contributed by atoms with Gasteiger partial charge in [-0.3, -0.25) is 0 Å². The largest absolute Gasteiger partial charge is 0.496 e. The van der Waals surface area contributed by atoms with Gasteiger partial charge in [-0.1, -0.05) is 33.3 Å². The van der Waals surface area contributed by atoms with Crippen LogP contribution in [0.5, 0.6) is 5.75 Å². The van der Waals surface area contributed by atoms with Crippen LogP contribution in [0.15, 0.2) is 12.1 Å². The summed E-state index contributed by atoms with van der Waals surface area (Å²) in [5, 5.41) is 10.8. The van der Waals surface area contributed by atoms with Gasteiger partial charge >= 0.3 is 0 Å². The molecule has 0 unspecified atom stereocenters. The van der Waals surface area contributed by atoms with Crippen LogP contribution in [0.1, 0.15) is 77.0 Å². The number of rotatable bonds is 2. The molecular weight excluding hydrogens is 284 g/mol. The molecule has 2 nitrogen and oxygen atoms in total. The van der Waals surface area contributed by atoms with Gasteiger partial charge in [0.1, 0.15) is 5.75 Å². The molecule has 1 N–H and O–H groups in total. The van der Waals surface area contributed by atoms with Gasteiger partial charge in [-0.15, -0.1) is 0 Å². The molecule has 1 aromatic carbocycles. The highest BCUT2D eigenvalue weighted by molar-refractivity contribution is 5.52. The Bertz CT molecular complexity index is 609. The topological polar surface area (TPSA) is 29.5 Å². The standard InChI is InChI=1S/C21H32O2/c1-19(2)12-7-13-21(5)15-9-10-16(23-6)18(20(3,4)22)14(15)8-11-17(19)21/h9-10,17,22H,7-8,11-13H2,1-6H3/t17-,21+/m0/s1. The number of methoxy groups -OCH3 is 1. The first-order valence-corrected chi connectivity index (χ1v) is 9.04. The summed E-state index contributed by atoms with van der Waals surface area (Å²) in [5.74, 6) is 1.55. The molecule has 0 radical (unpaired) electrons. The smallest absolute Gasteiger partial charge is 0.125 e. The quantitative estimate of drug-likeness (QED) is 0.836. The molecule has 0 heterocycles. The van der Waals surface area contributed by atoms with E-state index in [-0.39, 0.29) is 5.41 Å².